The van der Waals surface area contributed by atoms with E-state index >= 15 is 0 Å². The molecule has 0 spiro atoms. The van der Waals surface area contributed by atoms with E-state index in [-0.39, 0.29) is 5.91 Å². The predicted octanol–water partition coefficient (Wildman–Crippen LogP) is 2.23. The summed E-state index contributed by atoms with van der Waals surface area (Å²) in [7, 11) is 1.77. The summed E-state index contributed by atoms with van der Waals surface area (Å²) in [4.78, 5) is 12.0. The Morgan fingerprint density at radius 1 is 1.14 bits per heavy atom. The summed E-state index contributed by atoms with van der Waals surface area (Å²) in [5.74, 6) is -0.192. The van der Waals surface area contributed by atoms with Crippen LogP contribution in [0.5, 0.6) is 0 Å². The van der Waals surface area contributed by atoms with E-state index in [4.69, 9.17) is 0 Å². The molecule has 6 heteroatoms. The first-order chi connectivity index (χ1) is 10.6. The van der Waals surface area contributed by atoms with Gasteiger partial charge in [0.2, 0.25) is 0 Å². The van der Waals surface area contributed by atoms with Gasteiger partial charge in [-0.2, -0.15) is 10.2 Å². The second kappa shape index (κ2) is 5.85. The summed E-state index contributed by atoms with van der Waals surface area (Å²) in [5.41, 5.74) is 3.59. The third-order valence-electron chi connectivity index (χ3n) is 3.32. The lowest BCUT2D eigenvalue weighted by Gasteiger charge is -2.02. The number of amides is 1. The molecule has 112 valence electrons. The molecule has 1 amide bonds. The summed E-state index contributed by atoms with van der Waals surface area (Å²) >= 11 is 0. The average molecular weight is 295 g/mol. The smallest absolute Gasteiger partial charge is 0.258 e. The fraction of sp³-hybridized carbons (Fsp3) is 0.188. The van der Waals surface area contributed by atoms with Gasteiger partial charge in [0, 0.05) is 19.4 Å². The topological polar surface area (TPSA) is 64.7 Å². The van der Waals surface area contributed by atoms with Crippen molar-refractivity contribution in [2.45, 2.75) is 13.5 Å². The Bertz CT molecular complexity index is 785. The van der Waals surface area contributed by atoms with Crippen molar-refractivity contribution in [3.63, 3.8) is 0 Å². The van der Waals surface area contributed by atoms with E-state index in [9.17, 15) is 4.79 Å². The van der Waals surface area contributed by atoms with Crippen LogP contribution in [0.2, 0.25) is 0 Å². The number of carbonyl (C=O) groups excluding carboxylic acids is 1. The van der Waals surface area contributed by atoms with Crippen LogP contribution < -0.4 is 5.32 Å². The third kappa shape index (κ3) is 3.22. The minimum absolute atomic E-state index is 0.192. The Kier molecular flexibility index (Phi) is 3.74. The Labute approximate surface area is 128 Å². The molecule has 0 saturated carbocycles. The maximum atomic E-state index is 12.0. The standard InChI is InChI=1S/C16H17N5O/c1-12-3-5-13(6-4-12)9-21-11-15(8-18-21)19-16(22)14-7-17-20(2)10-14/h3-8,10-11H,9H2,1-2H3,(H,19,22). The Morgan fingerprint density at radius 3 is 2.59 bits per heavy atom. The van der Waals surface area contributed by atoms with Crippen LogP contribution in [-0.4, -0.2) is 25.5 Å². The van der Waals surface area contributed by atoms with E-state index < -0.39 is 0 Å². The van der Waals surface area contributed by atoms with Gasteiger partial charge in [-0.1, -0.05) is 29.8 Å². The van der Waals surface area contributed by atoms with Crippen molar-refractivity contribution in [3.8, 4) is 0 Å². The van der Waals surface area contributed by atoms with Gasteiger partial charge in [0.25, 0.3) is 5.91 Å². The fourth-order valence-corrected chi connectivity index (χ4v) is 2.14. The van der Waals surface area contributed by atoms with Crippen LogP contribution in [0.3, 0.4) is 0 Å². The lowest BCUT2D eigenvalue weighted by atomic mass is 10.1. The van der Waals surface area contributed by atoms with Gasteiger partial charge in [-0.05, 0) is 12.5 Å². The number of carbonyl (C=O) groups is 1. The lowest BCUT2D eigenvalue weighted by Crippen LogP contribution is -2.10. The Morgan fingerprint density at radius 2 is 1.91 bits per heavy atom. The van der Waals surface area contributed by atoms with E-state index in [0.29, 0.717) is 17.8 Å². The van der Waals surface area contributed by atoms with E-state index in [2.05, 4.69) is 46.7 Å². The Balaban J connectivity index is 1.66. The van der Waals surface area contributed by atoms with Gasteiger partial charge < -0.3 is 5.32 Å². The highest BCUT2D eigenvalue weighted by Crippen LogP contribution is 2.10. The molecule has 2 aromatic heterocycles. The van der Waals surface area contributed by atoms with Crippen LogP contribution in [0, 0.1) is 6.92 Å². The zero-order valence-electron chi connectivity index (χ0n) is 12.5. The molecule has 22 heavy (non-hydrogen) atoms. The number of benzene rings is 1. The quantitative estimate of drug-likeness (QED) is 0.802. The summed E-state index contributed by atoms with van der Waals surface area (Å²) in [5, 5.41) is 11.1. The van der Waals surface area contributed by atoms with Gasteiger partial charge in [-0.3, -0.25) is 14.2 Å². The van der Waals surface area contributed by atoms with Crippen molar-refractivity contribution in [1.29, 1.82) is 0 Å². The van der Waals surface area contributed by atoms with Gasteiger partial charge >= 0.3 is 0 Å². The zero-order chi connectivity index (χ0) is 15.5. The van der Waals surface area contributed by atoms with Crippen LogP contribution in [0.15, 0.2) is 49.1 Å². The van der Waals surface area contributed by atoms with Crippen molar-refractivity contribution >= 4 is 11.6 Å². The molecule has 0 aliphatic heterocycles. The maximum absolute atomic E-state index is 12.0. The highest BCUT2D eigenvalue weighted by molar-refractivity contribution is 6.03. The normalized spacial score (nSPS) is 10.6. The summed E-state index contributed by atoms with van der Waals surface area (Å²) in [6.45, 7) is 2.73. The maximum Gasteiger partial charge on any atom is 0.258 e. The third-order valence-corrected chi connectivity index (χ3v) is 3.32. The monoisotopic (exact) mass is 295 g/mol. The van der Waals surface area contributed by atoms with Gasteiger partial charge in [0.15, 0.2) is 0 Å². The minimum atomic E-state index is -0.192. The number of aromatic nitrogens is 4. The van der Waals surface area contributed by atoms with Gasteiger partial charge in [0.05, 0.1) is 30.2 Å². The average Bonchev–Trinajstić information content (AvgIpc) is 3.11. The highest BCUT2D eigenvalue weighted by atomic mass is 16.1. The first kappa shape index (κ1) is 14.1. The van der Waals surface area contributed by atoms with Crippen LogP contribution in [0.1, 0.15) is 21.5 Å². The highest BCUT2D eigenvalue weighted by Gasteiger charge is 2.09. The largest absolute Gasteiger partial charge is 0.319 e. The molecule has 0 atom stereocenters. The second-order valence-electron chi connectivity index (χ2n) is 5.27. The molecule has 0 bridgehead atoms. The fourth-order valence-electron chi connectivity index (χ4n) is 2.14. The number of nitrogens with one attached hydrogen (secondary N) is 1. The van der Waals surface area contributed by atoms with Crippen LogP contribution in [0.25, 0.3) is 0 Å². The summed E-state index contributed by atoms with van der Waals surface area (Å²) in [6, 6.07) is 8.30. The molecular weight excluding hydrogens is 278 g/mol. The SMILES string of the molecule is Cc1ccc(Cn2cc(NC(=O)c3cnn(C)c3)cn2)cc1. The van der Waals surface area contributed by atoms with Crippen LogP contribution >= 0.6 is 0 Å². The number of nitrogens with zero attached hydrogens (tertiary/aromatic N) is 4. The molecule has 0 fully saturated rings. The van der Waals surface area contributed by atoms with Crippen molar-refractivity contribution in [1.82, 2.24) is 19.6 Å². The van der Waals surface area contributed by atoms with E-state index in [0.717, 1.165) is 0 Å². The molecule has 0 saturated heterocycles. The molecule has 0 radical (unpaired) electrons. The lowest BCUT2D eigenvalue weighted by molar-refractivity contribution is 0.102. The van der Waals surface area contributed by atoms with Crippen molar-refractivity contribution in [3.05, 3.63) is 65.7 Å². The summed E-state index contributed by atoms with van der Waals surface area (Å²) < 4.78 is 3.39. The molecule has 0 aliphatic carbocycles. The molecule has 1 N–H and O–H groups in total. The molecule has 0 unspecified atom stereocenters. The van der Waals surface area contributed by atoms with Crippen LogP contribution in [-0.2, 0) is 13.6 Å². The number of hydrogen-bond acceptors (Lipinski definition) is 3. The summed E-state index contributed by atoms with van der Waals surface area (Å²) in [6.07, 6.45) is 6.66. The van der Waals surface area contributed by atoms with Crippen molar-refractivity contribution < 1.29 is 4.79 Å². The molecule has 3 rings (SSSR count). The predicted molar refractivity (Wildman–Crippen MR) is 83.7 cm³/mol. The van der Waals surface area contributed by atoms with E-state index in [1.54, 1.807) is 28.8 Å². The molecular formula is C16H17N5O. The van der Waals surface area contributed by atoms with Crippen molar-refractivity contribution in [2.24, 2.45) is 7.05 Å². The molecule has 2 heterocycles. The van der Waals surface area contributed by atoms with Crippen molar-refractivity contribution in [2.75, 3.05) is 5.32 Å². The molecule has 3 aromatic rings. The number of hydrogen-bond donors (Lipinski definition) is 1. The van der Waals surface area contributed by atoms with Gasteiger partial charge in [-0.25, -0.2) is 0 Å². The molecule has 1 aromatic carbocycles. The van der Waals surface area contributed by atoms with Crippen LogP contribution in [0.4, 0.5) is 5.69 Å². The zero-order valence-corrected chi connectivity index (χ0v) is 12.5. The number of anilines is 1. The first-order valence-corrected chi connectivity index (χ1v) is 6.98. The second-order valence-corrected chi connectivity index (χ2v) is 5.27. The van der Waals surface area contributed by atoms with Gasteiger partial charge in [0.1, 0.15) is 0 Å². The van der Waals surface area contributed by atoms with E-state index in [1.165, 1.54) is 17.3 Å². The molecule has 0 aliphatic rings. The van der Waals surface area contributed by atoms with Gasteiger partial charge in [-0.15, -0.1) is 0 Å². The van der Waals surface area contributed by atoms with E-state index in [1.807, 2.05) is 6.20 Å². The number of aryl methyl sites for hydroxylation is 2. The minimum Gasteiger partial charge on any atom is -0.319 e. The first-order valence-electron chi connectivity index (χ1n) is 6.98. The Hall–Kier alpha value is -2.89. The molecule has 6 nitrogen and oxygen atoms in total. The number of rotatable bonds is 4.